The number of hydrogen-bond acceptors (Lipinski definition) is 3. The van der Waals surface area contributed by atoms with Crippen LogP contribution in [-0.4, -0.2) is 20.1 Å². The molecule has 0 heterocycles. The zero-order valence-corrected chi connectivity index (χ0v) is 15.5. The molecule has 128 valence electrons. The third-order valence-electron chi connectivity index (χ3n) is 3.47. The molecule has 0 saturated heterocycles. The fourth-order valence-corrected chi connectivity index (χ4v) is 3.61. The zero-order chi connectivity index (χ0) is 17.7. The summed E-state index contributed by atoms with van der Waals surface area (Å²) in [4.78, 5) is 12.0. The predicted octanol–water partition coefficient (Wildman–Crippen LogP) is 3.38. The molecule has 7 heteroatoms. The average Bonchev–Trinajstić information content (AvgIpc) is 2.52. The Morgan fingerprint density at radius 1 is 1.17 bits per heavy atom. The van der Waals surface area contributed by atoms with Gasteiger partial charge in [-0.15, -0.1) is 0 Å². The van der Waals surface area contributed by atoms with Crippen LogP contribution in [0, 0.1) is 12.7 Å². The normalized spacial score (nSPS) is 11.3. The van der Waals surface area contributed by atoms with Crippen LogP contribution in [0.5, 0.6) is 0 Å². The summed E-state index contributed by atoms with van der Waals surface area (Å²) in [6.45, 7) is 1.88. The highest BCUT2D eigenvalue weighted by molar-refractivity contribution is 9.10. The van der Waals surface area contributed by atoms with E-state index in [4.69, 9.17) is 0 Å². The maximum absolute atomic E-state index is 13.7. The first-order chi connectivity index (χ1) is 11.3. The molecular weight excluding hydrogens is 397 g/mol. The number of carbonyl (C=O) groups is 1. The molecule has 0 spiro atoms. The first-order valence-corrected chi connectivity index (χ1v) is 9.72. The van der Waals surface area contributed by atoms with E-state index in [0.29, 0.717) is 10.0 Å². The van der Waals surface area contributed by atoms with E-state index in [-0.39, 0.29) is 23.6 Å². The van der Waals surface area contributed by atoms with Crippen molar-refractivity contribution in [1.82, 2.24) is 5.32 Å². The van der Waals surface area contributed by atoms with E-state index in [1.165, 1.54) is 18.2 Å². The van der Waals surface area contributed by atoms with Gasteiger partial charge in [0.2, 0.25) is 5.91 Å². The van der Waals surface area contributed by atoms with Gasteiger partial charge in [0.15, 0.2) is 9.84 Å². The number of sulfone groups is 1. The number of hydrogen-bond donors (Lipinski definition) is 1. The molecule has 0 bridgehead atoms. The lowest BCUT2D eigenvalue weighted by Crippen LogP contribution is -2.25. The molecule has 0 aliphatic heterocycles. The van der Waals surface area contributed by atoms with Gasteiger partial charge in [-0.3, -0.25) is 4.79 Å². The summed E-state index contributed by atoms with van der Waals surface area (Å²) in [5.74, 6) is -1.16. The summed E-state index contributed by atoms with van der Waals surface area (Å²) in [5.41, 5.74) is 1.30. The Labute approximate surface area is 149 Å². The van der Waals surface area contributed by atoms with Gasteiger partial charge in [0.05, 0.1) is 10.6 Å². The minimum absolute atomic E-state index is 0.0164. The molecule has 1 amide bonds. The van der Waals surface area contributed by atoms with Crippen molar-refractivity contribution < 1.29 is 17.6 Å². The standard InChI is InChI=1S/C17H17BrFNO3S/c1-12-2-6-15(7-3-12)24(22,23)9-8-17(21)20-11-13-4-5-14(18)10-16(13)19/h2-7,10H,8-9,11H2,1H3,(H,20,21). The molecule has 0 aliphatic rings. The first-order valence-electron chi connectivity index (χ1n) is 7.28. The van der Waals surface area contributed by atoms with Crippen LogP contribution in [0.4, 0.5) is 4.39 Å². The number of aryl methyl sites for hydroxylation is 1. The van der Waals surface area contributed by atoms with Gasteiger partial charge in [0, 0.05) is 23.0 Å². The van der Waals surface area contributed by atoms with Crippen LogP contribution in [0.1, 0.15) is 17.5 Å². The minimum Gasteiger partial charge on any atom is -0.352 e. The summed E-state index contributed by atoms with van der Waals surface area (Å²) < 4.78 is 38.6. The largest absolute Gasteiger partial charge is 0.352 e. The van der Waals surface area contributed by atoms with E-state index < -0.39 is 21.6 Å². The van der Waals surface area contributed by atoms with Crippen molar-refractivity contribution in [3.05, 3.63) is 63.9 Å². The van der Waals surface area contributed by atoms with Crippen molar-refractivity contribution in [3.8, 4) is 0 Å². The van der Waals surface area contributed by atoms with Crippen molar-refractivity contribution in [1.29, 1.82) is 0 Å². The highest BCUT2D eigenvalue weighted by atomic mass is 79.9. The zero-order valence-electron chi connectivity index (χ0n) is 13.1. The molecule has 0 radical (unpaired) electrons. The number of carbonyl (C=O) groups excluding carboxylic acids is 1. The van der Waals surface area contributed by atoms with Crippen LogP contribution >= 0.6 is 15.9 Å². The molecule has 0 aromatic heterocycles. The van der Waals surface area contributed by atoms with Gasteiger partial charge in [-0.25, -0.2) is 12.8 Å². The van der Waals surface area contributed by atoms with Gasteiger partial charge in [-0.2, -0.15) is 0 Å². The molecule has 2 rings (SSSR count). The number of rotatable bonds is 6. The molecule has 2 aromatic rings. The third kappa shape index (κ3) is 5.14. The second-order valence-electron chi connectivity index (χ2n) is 5.39. The second kappa shape index (κ2) is 7.90. The van der Waals surface area contributed by atoms with Crippen LogP contribution in [-0.2, 0) is 21.2 Å². The van der Waals surface area contributed by atoms with Gasteiger partial charge in [0.1, 0.15) is 5.82 Å². The Kier molecular flexibility index (Phi) is 6.12. The number of benzene rings is 2. The van der Waals surface area contributed by atoms with Gasteiger partial charge in [0.25, 0.3) is 0 Å². The highest BCUT2D eigenvalue weighted by Crippen LogP contribution is 2.15. The van der Waals surface area contributed by atoms with E-state index in [9.17, 15) is 17.6 Å². The molecule has 0 atom stereocenters. The maximum Gasteiger partial charge on any atom is 0.221 e. The summed E-state index contributed by atoms with van der Waals surface area (Å²) in [7, 11) is -3.51. The van der Waals surface area contributed by atoms with E-state index >= 15 is 0 Å². The Bertz CT molecular complexity index is 835. The Morgan fingerprint density at radius 2 is 1.83 bits per heavy atom. The van der Waals surface area contributed by atoms with Gasteiger partial charge < -0.3 is 5.32 Å². The molecular formula is C17H17BrFNO3S. The first kappa shape index (κ1) is 18.6. The van der Waals surface area contributed by atoms with Gasteiger partial charge >= 0.3 is 0 Å². The third-order valence-corrected chi connectivity index (χ3v) is 5.69. The number of nitrogens with one attached hydrogen (secondary N) is 1. The molecule has 1 N–H and O–H groups in total. The predicted molar refractivity (Wildman–Crippen MR) is 93.8 cm³/mol. The SMILES string of the molecule is Cc1ccc(S(=O)(=O)CCC(=O)NCc2ccc(Br)cc2F)cc1. The van der Waals surface area contributed by atoms with Crippen LogP contribution in [0.25, 0.3) is 0 Å². The van der Waals surface area contributed by atoms with Crippen LogP contribution in [0.2, 0.25) is 0 Å². The summed E-state index contributed by atoms with van der Waals surface area (Å²) >= 11 is 3.16. The van der Waals surface area contributed by atoms with E-state index in [1.807, 2.05) is 6.92 Å². The second-order valence-corrected chi connectivity index (χ2v) is 8.42. The maximum atomic E-state index is 13.7. The fourth-order valence-electron chi connectivity index (χ4n) is 2.04. The van der Waals surface area contributed by atoms with Crippen molar-refractivity contribution in [2.75, 3.05) is 5.75 Å². The van der Waals surface area contributed by atoms with Crippen LogP contribution < -0.4 is 5.32 Å². The van der Waals surface area contributed by atoms with Crippen molar-refractivity contribution in [2.45, 2.75) is 24.8 Å². The van der Waals surface area contributed by atoms with Crippen LogP contribution in [0.15, 0.2) is 51.8 Å². The van der Waals surface area contributed by atoms with E-state index in [0.717, 1.165) is 5.56 Å². The highest BCUT2D eigenvalue weighted by Gasteiger charge is 2.16. The molecule has 0 saturated carbocycles. The summed E-state index contributed by atoms with van der Waals surface area (Å²) in [5, 5.41) is 2.53. The van der Waals surface area contributed by atoms with Crippen molar-refractivity contribution >= 4 is 31.7 Å². The summed E-state index contributed by atoms with van der Waals surface area (Å²) in [6.07, 6.45) is -0.172. The number of amides is 1. The Hall–Kier alpha value is -1.73. The Balaban J connectivity index is 1.89. The van der Waals surface area contributed by atoms with Crippen molar-refractivity contribution in [2.24, 2.45) is 0 Å². The lowest BCUT2D eigenvalue weighted by atomic mass is 10.2. The smallest absolute Gasteiger partial charge is 0.221 e. The monoisotopic (exact) mass is 413 g/mol. The average molecular weight is 414 g/mol. The molecule has 4 nitrogen and oxygen atoms in total. The van der Waals surface area contributed by atoms with Crippen molar-refractivity contribution in [3.63, 3.8) is 0 Å². The minimum atomic E-state index is -3.51. The van der Waals surface area contributed by atoms with Gasteiger partial charge in [-0.05, 0) is 31.2 Å². The quantitative estimate of drug-likeness (QED) is 0.789. The van der Waals surface area contributed by atoms with Crippen LogP contribution in [0.3, 0.4) is 0 Å². The topological polar surface area (TPSA) is 63.2 Å². The molecule has 0 fully saturated rings. The lowest BCUT2D eigenvalue weighted by Gasteiger charge is -2.08. The molecule has 2 aromatic carbocycles. The molecule has 0 aliphatic carbocycles. The number of halogens is 2. The summed E-state index contributed by atoms with van der Waals surface area (Å²) in [6, 6.07) is 11.0. The van der Waals surface area contributed by atoms with E-state index in [1.54, 1.807) is 24.3 Å². The lowest BCUT2D eigenvalue weighted by molar-refractivity contribution is -0.120. The van der Waals surface area contributed by atoms with Gasteiger partial charge in [-0.1, -0.05) is 39.7 Å². The molecule has 24 heavy (non-hydrogen) atoms. The van der Waals surface area contributed by atoms with E-state index in [2.05, 4.69) is 21.2 Å². The Morgan fingerprint density at radius 3 is 2.46 bits per heavy atom. The molecule has 0 unspecified atom stereocenters. The fraction of sp³-hybridized carbons (Fsp3) is 0.235.